The quantitative estimate of drug-likeness (QED) is 0.401. The fraction of sp³-hybridized carbons (Fsp3) is 0.154. The molecular formula is C26H21F3N6O3. The van der Waals surface area contributed by atoms with Gasteiger partial charge in [0.05, 0.1) is 11.1 Å². The fourth-order valence-corrected chi connectivity index (χ4v) is 4.07. The Bertz CT molecular complexity index is 1440. The number of aromatic nitrogens is 2. The lowest BCUT2D eigenvalue weighted by Gasteiger charge is -2.30. The predicted octanol–water partition coefficient (Wildman–Crippen LogP) is 4.17. The van der Waals surface area contributed by atoms with E-state index >= 15 is 0 Å². The van der Waals surface area contributed by atoms with Gasteiger partial charge in [-0.2, -0.15) is 13.2 Å². The van der Waals surface area contributed by atoms with Gasteiger partial charge in [0.25, 0.3) is 11.8 Å². The van der Waals surface area contributed by atoms with Crippen molar-refractivity contribution >= 4 is 23.7 Å². The molecule has 12 heteroatoms. The Morgan fingerprint density at radius 1 is 1.00 bits per heavy atom. The van der Waals surface area contributed by atoms with Crippen LogP contribution in [0, 0.1) is 0 Å². The molecule has 2 amide bonds. The van der Waals surface area contributed by atoms with Crippen molar-refractivity contribution in [3.8, 4) is 11.5 Å². The zero-order valence-corrected chi connectivity index (χ0v) is 19.8. The third kappa shape index (κ3) is 5.14. The highest BCUT2D eigenvalue weighted by molar-refractivity contribution is 6.09. The summed E-state index contributed by atoms with van der Waals surface area (Å²) < 4.78 is 43.7. The summed E-state index contributed by atoms with van der Waals surface area (Å²) in [6, 6.07) is 9.81. The van der Waals surface area contributed by atoms with Crippen molar-refractivity contribution in [1.29, 1.82) is 0 Å². The molecule has 0 saturated heterocycles. The standard InChI is InChI=1S/C26H21F3N6O3/c1-25-12-2-3-19(22(37)34-23-30-13-14-31-23)20(25)32-24(35-25)33-21(36)15-4-8-17(9-5-15)38-18-10-6-16(7-11-18)26(27,28)29/h2-14,20H,1H3,(H2,30,31,34,37)(H2,32,33,35,36). The van der Waals surface area contributed by atoms with Crippen molar-refractivity contribution in [2.24, 2.45) is 4.99 Å². The van der Waals surface area contributed by atoms with Crippen LogP contribution in [-0.4, -0.2) is 39.3 Å². The number of halogens is 3. The molecule has 38 heavy (non-hydrogen) atoms. The summed E-state index contributed by atoms with van der Waals surface area (Å²) >= 11 is 0. The highest BCUT2D eigenvalue weighted by Crippen LogP contribution is 2.32. The van der Waals surface area contributed by atoms with Gasteiger partial charge in [-0.15, -0.1) is 0 Å². The Labute approximate surface area is 214 Å². The lowest BCUT2D eigenvalue weighted by atomic mass is 9.84. The molecule has 194 valence electrons. The number of alkyl halides is 3. The number of nitrogens with zero attached hydrogens (tertiary/aromatic N) is 2. The number of aliphatic imine (C=N–C) groups is 1. The van der Waals surface area contributed by atoms with E-state index in [-0.39, 0.29) is 17.6 Å². The van der Waals surface area contributed by atoms with E-state index in [2.05, 4.69) is 30.9 Å². The van der Waals surface area contributed by atoms with Gasteiger partial charge in [-0.1, -0.05) is 18.2 Å². The van der Waals surface area contributed by atoms with Crippen molar-refractivity contribution in [3.05, 3.63) is 95.9 Å². The molecule has 0 bridgehead atoms. The van der Waals surface area contributed by atoms with E-state index in [1.54, 1.807) is 18.3 Å². The normalized spacial score (nSPS) is 20.1. The number of anilines is 1. The van der Waals surface area contributed by atoms with Crippen molar-refractivity contribution in [1.82, 2.24) is 20.6 Å². The molecule has 1 aromatic heterocycles. The second-order valence-corrected chi connectivity index (χ2v) is 8.76. The minimum Gasteiger partial charge on any atom is -0.457 e. The number of hydrogen-bond acceptors (Lipinski definition) is 6. The Morgan fingerprint density at radius 3 is 2.32 bits per heavy atom. The van der Waals surface area contributed by atoms with Crippen LogP contribution in [-0.2, 0) is 11.0 Å². The summed E-state index contributed by atoms with van der Waals surface area (Å²) in [5, 5.41) is 8.55. The number of ether oxygens (including phenoxy) is 1. The molecule has 0 saturated carbocycles. The fourth-order valence-electron chi connectivity index (χ4n) is 4.07. The number of aromatic amines is 1. The Morgan fingerprint density at radius 2 is 1.68 bits per heavy atom. The number of nitrogens with one attached hydrogen (secondary N) is 4. The molecule has 1 aliphatic carbocycles. The number of amides is 2. The van der Waals surface area contributed by atoms with Crippen LogP contribution in [0.4, 0.5) is 19.1 Å². The molecule has 2 heterocycles. The number of fused-ring (bicyclic) bond motifs is 1. The van der Waals surface area contributed by atoms with Gasteiger partial charge >= 0.3 is 6.18 Å². The van der Waals surface area contributed by atoms with E-state index in [4.69, 9.17) is 4.74 Å². The van der Waals surface area contributed by atoms with Gasteiger partial charge in [0.15, 0.2) is 5.96 Å². The maximum atomic E-state index is 12.8. The molecule has 0 spiro atoms. The molecule has 1 aliphatic heterocycles. The molecule has 2 aliphatic rings. The van der Waals surface area contributed by atoms with Crippen LogP contribution in [0.25, 0.3) is 0 Å². The van der Waals surface area contributed by atoms with Crippen molar-refractivity contribution in [2.75, 3.05) is 5.32 Å². The van der Waals surface area contributed by atoms with Gasteiger partial charge in [0.1, 0.15) is 17.5 Å². The minimum absolute atomic E-state index is 0.204. The average molecular weight is 522 g/mol. The van der Waals surface area contributed by atoms with Gasteiger partial charge in [-0.3, -0.25) is 20.2 Å². The Kier molecular flexibility index (Phi) is 6.23. The molecule has 3 aromatic rings. The number of rotatable bonds is 5. The van der Waals surface area contributed by atoms with Crippen LogP contribution < -0.4 is 20.7 Å². The van der Waals surface area contributed by atoms with Gasteiger partial charge in [-0.05, 0) is 55.5 Å². The zero-order valence-electron chi connectivity index (χ0n) is 19.8. The van der Waals surface area contributed by atoms with E-state index in [1.807, 2.05) is 13.0 Å². The maximum Gasteiger partial charge on any atom is 0.416 e. The first-order chi connectivity index (χ1) is 18.1. The summed E-state index contributed by atoms with van der Waals surface area (Å²) in [7, 11) is 0. The number of H-pyrrole nitrogens is 1. The van der Waals surface area contributed by atoms with Crippen molar-refractivity contribution in [3.63, 3.8) is 0 Å². The molecule has 0 fully saturated rings. The molecule has 0 radical (unpaired) electrons. The van der Waals surface area contributed by atoms with Crippen LogP contribution in [0.15, 0.2) is 89.7 Å². The first kappa shape index (κ1) is 24.8. The second kappa shape index (κ2) is 9.54. The van der Waals surface area contributed by atoms with E-state index in [0.717, 1.165) is 12.1 Å². The number of carbonyl (C=O) groups excluding carboxylic acids is 2. The van der Waals surface area contributed by atoms with Crippen LogP contribution in [0.1, 0.15) is 22.8 Å². The van der Waals surface area contributed by atoms with E-state index < -0.39 is 29.2 Å². The van der Waals surface area contributed by atoms with E-state index in [9.17, 15) is 22.8 Å². The van der Waals surface area contributed by atoms with Gasteiger partial charge in [0, 0.05) is 23.5 Å². The Hall–Kier alpha value is -4.87. The molecular weight excluding hydrogens is 501 g/mol. The SMILES string of the molecule is CC12C=CC=C(C(=O)Nc3ncc[nH]3)C1N=C(NC(=O)c1ccc(Oc3ccc(C(F)(F)F)cc3)cc1)N2. The lowest BCUT2D eigenvalue weighted by molar-refractivity contribution is -0.137. The molecule has 2 atom stereocenters. The minimum atomic E-state index is -4.43. The average Bonchev–Trinajstić information content (AvgIpc) is 3.50. The number of allylic oxidation sites excluding steroid dienone is 2. The molecule has 2 aromatic carbocycles. The smallest absolute Gasteiger partial charge is 0.416 e. The summed E-state index contributed by atoms with van der Waals surface area (Å²) in [4.78, 5) is 37.0. The second-order valence-electron chi connectivity index (χ2n) is 8.76. The monoisotopic (exact) mass is 522 g/mol. The summed E-state index contributed by atoms with van der Waals surface area (Å²) in [6.07, 6.45) is 3.95. The van der Waals surface area contributed by atoms with E-state index in [1.165, 1.54) is 42.6 Å². The van der Waals surface area contributed by atoms with Gasteiger partial charge in [-0.25, -0.2) is 9.98 Å². The Balaban J connectivity index is 1.23. The third-order valence-electron chi connectivity index (χ3n) is 5.98. The summed E-state index contributed by atoms with van der Waals surface area (Å²) in [5.41, 5.74) is -0.804. The molecule has 4 N–H and O–H groups in total. The van der Waals surface area contributed by atoms with Gasteiger partial charge < -0.3 is 15.0 Å². The first-order valence-electron chi connectivity index (χ1n) is 11.4. The van der Waals surface area contributed by atoms with Crippen LogP contribution in [0.2, 0.25) is 0 Å². The first-order valence-corrected chi connectivity index (χ1v) is 11.4. The van der Waals surface area contributed by atoms with Crippen LogP contribution in [0.3, 0.4) is 0 Å². The van der Waals surface area contributed by atoms with E-state index in [0.29, 0.717) is 22.8 Å². The summed E-state index contributed by atoms with van der Waals surface area (Å²) in [6.45, 7) is 1.86. The van der Waals surface area contributed by atoms with Crippen molar-refractivity contribution in [2.45, 2.75) is 24.7 Å². The van der Waals surface area contributed by atoms with Gasteiger partial charge in [0.2, 0.25) is 5.95 Å². The lowest BCUT2D eigenvalue weighted by Crippen LogP contribution is -2.52. The topological polar surface area (TPSA) is 121 Å². The molecule has 2 unspecified atom stereocenters. The number of hydrogen-bond donors (Lipinski definition) is 4. The largest absolute Gasteiger partial charge is 0.457 e. The highest BCUT2D eigenvalue weighted by atomic mass is 19.4. The van der Waals surface area contributed by atoms with Crippen LogP contribution >= 0.6 is 0 Å². The molecule has 5 rings (SSSR count). The van der Waals surface area contributed by atoms with Crippen LogP contribution in [0.5, 0.6) is 11.5 Å². The maximum absolute atomic E-state index is 12.8. The predicted molar refractivity (Wildman–Crippen MR) is 133 cm³/mol. The number of guanidine groups is 1. The zero-order chi connectivity index (χ0) is 26.9. The molecule has 9 nitrogen and oxygen atoms in total. The van der Waals surface area contributed by atoms with Crippen molar-refractivity contribution < 1.29 is 27.5 Å². The highest BCUT2D eigenvalue weighted by Gasteiger charge is 2.44. The number of benzene rings is 2. The third-order valence-corrected chi connectivity index (χ3v) is 5.98. The summed E-state index contributed by atoms with van der Waals surface area (Å²) in [5.74, 6) is 0.260. The number of imidazole rings is 1. The number of carbonyl (C=O) groups is 2.